The van der Waals surface area contributed by atoms with Gasteiger partial charge in [-0.15, -0.1) is 12.4 Å². The molecule has 3 N–H and O–H groups in total. The topological polar surface area (TPSA) is 81.4 Å². The van der Waals surface area contributed by atoms with Crippen molar-refractivity contribution in [2.24, 2.45) is 5.73 Å². The van der Waals surface area contributed by atoms with Gasteiger partial charge in [-0.05, 0) is 37.8 Å². The molecule has 21 heavy (non-hydrogen) atoms. The molecule has 8 heteroatoms. The lowest BCUT2D eigenvalue weighted by molar-refractivity contribution is 0.373. The number of ether oxygens (including phenoxy) is 1. The first-order valence-corrected chi connectivity index (χ1v) is 8.81. The van der Waals surface area contributed by atoms with Crippen molar-refractivity contribution in [3.63, 3.8) is 0 Å². The molecule has 1 saturated carbocycles. The maximum atomic E-state index is 12.4. The number of sulfonamides is 1. The minimum Gasteiger partial charge on any atom is -0.497 e. The number of hydrogen-bond acceptors (Lipinski definition) is 4. The van der Waals surface area contributed by atoms with Crippen molar-refractivity contribution >= 4 is 38.4 Å². The highest BCUT2D eigenvalue weighted by molar-refractivity contribution is 9.10. The molecule has 0 aliphatic heterocycles. The number of nitrogens with two attached hydrogens (primary N) is 1. The number of nitrogens with one attached hydrogen (secondary N) is 1. The molecule has 120 valence electrons. The van der Waals surface area contributed by atoms with Crippen LogP contribution < -0.4 is 15.2 Å². The Morgan fingerprint density at radius 3 is 2.43 bits per heavy atom. The largest absolute Gasteiger partial charge is 0.497 e. The van der Waals surface area contributed by atoms with E-state index < -0.39 is 10.0 Å². The Morgan fingerprint density at radius 1 is 1.24 bits per heavy atom. The molecule has 1 fully saturated rings. The fraction of sp³-hybridized carbons (Fsp3) is 0.538. The van der Waals surface area contributed by atoms with Gasteiger partial charge in [0.2, 0.25) is 10.0 Å². The van der Waals surface area contributed by atoms with Crippen LogP contribution in [0.15, 0.2) is 27.6 Å². The van der Waals surface area contributed by atoms with Crippen molar-refractivity contribution in [2.75, 3.05) is 7.11 Å². The molecule has 1 aliphatic carbocycles. The predicted octanol–water partition coefficient (Wildman–Crippen LogP) is 2.43. The van der Waals surface area contributed by atoms with Crippen LogP contribution in [0.5, 0.6) is 5.75 Å². The molecular weight excluding hydrogens is 380 g/mol. The second-order valence-corrected chi connectivity index (χ2v) is 7.69. The maximum absolute atomic E-state index is 12.4. The number of halogens is 2. The van der Waals surface area contributed by atoms with E-state index in [1.807, 2.05) is 0 Å². The Kier molecular flexibility index (Phi) is 6.93. The summed E-state index contributed by atoms with van der Waals surface area (Å²) in [5.41, 5.74) is 5.83. The van der Waals surface area contributed by atoms with Gasteiger partial charge in [0.25, 0.3) is 0 Å². The molecule has 2 rings (SSSR count). The van der Waals surface area contributed by atoms with Crippen molar-refractivity contribution in [3.05, 3.63) is 22.7 Å². The molecular formula is C13H20BrClN2O3S. The van der Waals surface area contributed by atoms with Crippen molar-refractivity contribution in [1.29, 1.82) is 0 Å². The monoisotopic (exact) mass is 398 g/mol. The lowest BCUT2D eigenvalue weighted by atomic mass is 9.93. The van der Waals surface area contributed by atoms with Crippen molar-refractivity contribution in [3.8, 4) is 5.75 Å². The minimum absolute atomic E-state index is 0. The maximum Gasteiger partial charge on any atom is 0.240 e. The van der Waals surface area contributed by atoms with E-state index in [4.69, 9.17) is 10.5 Å². The summed E-state index contributed by atoms with van der Waals surface area (Å²) in [7, 11) is -2.03. The summed E-state index contributed by atoms with van der Waals surface area (Å²) in [6.45, 7) is 0. The number of rotatable bonds is 4. The van der Waals surface area contributed by atoms with Crippen molar-refractivity contribution < 1.29 is 13.2 Å². The van der Waals surface area contributed by atoms with Gasteiger partial charge < -0.3 is 10.5 Å². The van der Waals surface area contributed by atoms with E-state index in [0.717, 1.165) is 25.7 Å². The van der Waals surface area contributed by atoms with Gasteiger partial charge in [0.15, 0.2) is 0 Å². The van der Waals surface area contributed by atoms with E-state index >= 15 is 0 Å². The molecule has 0 spiro atoms. The third-order valence-electron chi connectivity index (χ3n) is 3.48. The highest BCUT2D eigenvalue weighted by atomic mass is 79.9. The molecule has 0 atom stereocenters. The average molecular weight is 400 g/mol. The second-order valence-electron chi connectivity index (χ2n) is 5.06. The molecule has 0 radical (unpaired) electrons. The van der Waals surface area contributed by atoms with Gasteiger partial charge in [-0.2, -0.15) is 0 Å². The summed E-state index contributed by atoms with van der Waals surface area (Å²) in [5.74, 6) is 0.505. The van der Waals surface area contributed by atoms with Crippen LogP contribution in [0.1, 0.15) is 25.7 Å². The molecule has 0 aromatic heterocycles. The first-order valence-electron chi connectivity index (χ1n) is 6.53. The third kappa shape index (κ3) is 5.10. The van der Waals surface area contributed by atoms with E-state index in [2.05, 4.69) is 20.7 Å². The first-order chi connectivity index (χ1) is 9.40. The molecule has 5 nitrogen and oxygen atoms in total. The third-order valence-corrected chi connectivity index (χ3v) is 5.44. The Balaban J connectivity index is 0.00000220. The van der Waals surface area contributed by atoms with Crippen LogP contribution >= 0.6 is 28.3 Å². The molecule has 1 aromatic carbocycles. The average Bonchev–Trinajstić information content (AvgIpc) is 2.40. The summed E-state index contributed by atoms with van der Waals surface area (Å²) >= 11 is 3.29. The predicted molar refractivity (Wildman–Crippen MR) is 88.5 cm³/mol. The highest BCUT2D eigenvalue weighted by Gasteiger charge is 2.24. The smallest absolute Gasteiger partial charge is 0.240 e. The molecule has 0 unspecified atom stereocenters. The summed E-state index contributed by atoms with van der Waals surface area (Å²) in [4.78, 5) is 0.207. The molecule has 1 aliphatic rings. The van der Waals surface area contributed by atoms with Crippen LogP contribution in [0.3, 0.4) is 0 Å². The number of hydrogen-bond donors (Lipinski definition) is 2. The Morgan fingerprint density at radius 2 is 1.86 bits per heavy atom. The van der Waals surface area contributed by atoms with Gasteiger partial charge in [0, 0.05) is 22.6 Å². The Bertz CT molecular complexity index is 575. The van der Waals surface area contributed by atoms with Gasteiger partial charge in [0.05, 0.1) is 12.0 Å². The van der Waals surface area contributed by atoms with Gasteiger partial charge in [0.1, 0.15) is 5.75 Å². The summed E-state index contributed by atoms with van der Waals surface area (Å²) in [6.07, 6.45) is 3.28. The second kappa shape index (κ2) is 7.78. The van der Waals surface area contributed by atoms with Crippen LogP contribution in [0.2, 0.25) is 0 Å². The quantitative estimate of drug-likeness (QED) is 0.814. The highest BCUT2D eigenvalue weighted by Crippen LogP contribution is 2.25. The zero-order valence-corrected chi connectivity index (χ0v) is 14.9. The van der Waals surface area contributed by atoms with Crippen LogP contribution in [0.4, 0.5) is 0 Å². The fourth-order valence-electron chi connectivity index (χ4n) is 2.33. The molecule has 0 amide bonds. The van der Waals surface area contributed by atoms with Crippen molar-refractivity contribution in [2.45, 2.75) is 42.7 Å². The normalized spacial score (nSPS) is 22.4. The van der Waals surface area contributed by atoms with Gasteiger partial charge in [-0.25, -0.2) is 13.1 Å². The number of methoxy groups -OCH3 is 1. The van der Waals surface area contributed by atoms with Crippen LogP contribution in [-0.4, -0.2) is 27.6 Å². The van der Waals surface area contributed by atoms with Crippen LogP contribution in [-0.2, 0) is 10.0 Å². The lowest BCUT2D eigenvalue weighted by Crippen LogP contribution is -2.40. The van der Waals surface area contributed by atoms with E-state index in [9.17, 15) is 8.42 Å². The standard InChI is InChI=1S/C13H19BrN2O3S.ClH/c1-19-12-6-9(14)7-13(8-12)20(17,18)16-11-4-2-10(15)3-5-11;/h6-8,10-11,16H,2-5,15H2,1H3;1H. The van der Waals surface area contributed by atoms with Gasteiger partial charge in [-0.3, -0.25) is 0 Å². The van der Waals surface area contributed by atoms with E-state index in [1.165, 1.54) is 13.2 Å². The van der Waals surface area contributed by atoms with Gasteiger partial charge >= 0.3 is 0 Å². The SMILES string of the molecule is COc1cc(Br)cc(S(=O)(=O)NC2CCC(N)CC2)c1.Cl. The Hall–Kier alpha value is -0.340. The van der Waals surface area contributed by atoms with E-state index in [0.29, 0.717) is 10.2 Å². The first kappa shape index (κ1) is 18.7. The molecule has 0 bridgehead atoms. The molecule has 0 saturated heterocycles. The van der Waals surface area contributed by atoms with Gasteiger partial charge in [-0.1, -0.05) is 15.9 Å². The summed E-state index contributed by atoms with van der Waals surface area (Å²) < 4.78 is 33.3. The van der Waals surface area contributed by atoms with E-state index in [-0.39, 0.29) is 29.4 Å². The van der Waals surface area contributed by atoms with Crippen LogP contribution in [0.25, 0.3) is 0 Å². The zero-order valence-electron chi connectivity index (χ0n) is 11.7. The zero-order chi connectivity index (χ0) is 14.8. The molecule has 0 heterocycles. The minimum atomic E-state index is -3.53. The summed E-state index contributed by atoms with van der Waals surface area (Å²) in [5, 5.41) is 0. The fourth-order valence-corrected chi connectivity index (χ4v) is 4.32. The van der Waals surface area contributed by atoms with Crippen molar-refractivity contribution in [1.82, 2.24) is 4.72 Å². The number of benzene rings is 1. The van der Waals surface area contributed by atoms with E-state index in [1.54, 1.807) is 12.1 Å². The lowest BCUT2D eigenvalue weighted by Gasteiger charge is -2.26. The molecule has 1 aromatic rings. The summed E-state index contributed by atoms with van der Waals surface area (Å²) in [6, 6.07) is 4.96. The van der Waals surface area contributed by atoms with Crippen LogP contribution in [0, 0.1) is 0 Å². The Labute approximate surface area is 140 Å².